The van der Waals surface area contributed by atoms with Crippen LogP contribution in [0.1, 0.15) is 52.1 Å². The second-order valence-corrected chi connectivity index (χ2v) is 4.94. The van der Waals surface area contributed by atoms with Crippen molar-refractivity contribution in [2.75, 3.05) is 0 Å². The number of nitrogens with one attached hydrogen (secondary N) is 1. The highest BCUT2D eigenvalue weighted by atomic mass is 16.6. The van der Waals surface area contributed by atoms with Gasteiger partial charge in [-0.2, -0.15) is 0 Å². The van der Waals surface area contributed by atoms with Crippen LogP contribution < -0.4 is 5.32 Å². The van der Waals surface area contributed by atoms with Crippen LogP contribution in [0.5, 0.6) is 0 Å². The molecule has 17 heavy (non-hydrogen) atoms. The fraction of sp³-hybridized carbons (Fsp3) is 0.667. The number of rotatable bonds is 3. The predicted octanol–water partition coefficient (Wildman–Crippen LogP) is 2.82. The Balaban J connectivity index is 2.54. The maximum atomic E-state index is 11.5. The van der Waals surface area contributed by atoms with E-state index >= 15 is 0 Å². The molecule has 0 aromatic carbocycles. The van der Waals surface area contributed by atoms with Crippen molar-refractivity contribution >= 4 is 6.09 Å². The van der Waals surface area contributed by atoms with Crippen LogP contribution in [-0.4, -0.2) is 16.9 Å². The van der Waals surface area contributed by atoms with Gasteiger partial charge < -0.3 is 14.6 Å². The molecular weight excluding hydrogens is 220 g/mol. The van der Waals surface area contributed by atoms with Gasteiger partial charge in [0.15, 0.2) is 0 Å². The standard InChI is InChI=1S/C12H20N2O3/c1-6-9-7-10(14-17-9)8(2)13-11(15)16-12(3,4)5/h7-8H,6H2,1-5H3,(H,13,15). The van der Waals surface area contributed by atoms with Gasteiger partial charge in [-0.15, -0.1) is 0 Å². The van der Waals surface area contributed by atoms with Crippen LogP contribution in [0.2, 0.25) is 0 Å². The highest BCUT2D eigenvalue weighted by Crippen LogP contribution is 2.14. The number of aromatic nitrogens is 1. The number of hydrogen-bond acceptors (Lipinski definition) is 4. The predicted molar refractivity (Wildman–Crippen MR) is 63.7 cm³/mol. The quantitative estimate of drug-likeness (QED) is 0.882. The first kappa shape index (κ1) is 13.5. The van der Waals surface area contributed by atoms with Crippen molar-refractivity contribution in [3.63, 3.8) is 0 Å². The number of carbonyl (C=O) groups is 1. The molecule has 0 saturated heterocycles. The normalized spacial score (nSPS) is 13.2. The molecule has 1 aromatic heterocycles. The van der Waals surface area contributed by atoms with Crippen LogP contribution >= 0.6 is 0 Å². The zero-order valence-corrected chi connectivity index (χ0v) is 11.0. The van der Waals surface area contributed by atoms with Gasteiger partial charge in [0.05, 0.1) is 6.04 Å². The first-order valence-corrected chi connectivity index (χ1v) is 5.77. The van der Waals surface area contributed by atoms with Crippen LogP contribution in [-0.2, 0) is 11.2 Å². The average Bonchev–Trinajstić information content (AvgIpc) is 2.62. The summed E-state index contributed by atoms with van der Waals surface area (Å²) in [6.07, 6.45) is 0.331. The van der Waals surface area contributed by atoms with Gasteiger partial charge in [0.25, 0.3) is 0 Å². The number of hydrogen-bond donors (Lipinski definition) is 1. The lowest BCUT2D eigenvalue weighted by Crippen LogP contribution is -2.34. The number of amides is 1. The van der Waals surface area contributed by atoms with Gasteiger partial charge in [-0.05, 0) is 27.7 Å². The van der Waals surface area contributed by atoms with Gasteiger partial charge in [-0.3, -0.25) is 0 Å². The molecule has 0 aliphatic heterocycles. The summed E-state index contributed by atoms with van der Waals surface area (Å²) in [5.41, 5.74) is 0.204. The third-order valence-electron chi connectivity index (χ3n) is 2.10. The van der Waals surface area contributed by atoms with E-state index in [0.29, 0.717) is 5.69 Å². The Morgan fingerprint density at radius 3 is 2.71 bits per heavy atom. The molecule has 0 saturated carbocycles. The van der Waals surface area contributed by atoms with E-state index < -0.39 is 11.7 Å². The molecule has 96 valence electrons. The Bertz CT molecular complexity index is 379. The molecule has 0 fully saturated rings. The summed E-state index contributed by atoms with van der Waals surface area (Å²) in [5.74, 6) is 0.804. The molecule has 5 heteroatoms. The Morgan fingerprint density at radius 2 is 2.24 bits per heavy atom. The third kappa shape index (κ3) is 4.46. The van der Waals surface area contributed by atoms with E-state index in [0.717, 1.165) is 12.2 Å². The van der Waals surface area contributed by atoms with Crippen molar-refractivity contribution in [1.29, 1.82) is 0 Å². The molecule has 1 atom stereocenters. The highest BCUT2D eigenvalue weighted by Gasteiger charge is 2.19. The van der Waals surface area contributed by atoms with Crippen molar-refractivity contribution in [2.24, 2.45) is 0 Å². The van der Waals surface area contributed by atoms with Crippen molar-refractivity contribution in [1.82, 2.24) is 10.5 Å². The lowest BCUT2D eigenvalue weighted by Gasteiger charge is -2.21. The molecule has 0 aliphatic carbocycles. The maximum Gasteiger partial charge on any atom is 0.408 e. The van der Waals surface area contributed by atoms with E-state index in [-0.39, 0.29) is 6.04 Å². The van der Waals surface area contributed by atoms with Gasteiger partial charge in [0.2, 0.25) is 0 Å². The van der Waals surface area contributed by atoms with Gasteiger partial charge in [0, 0.05) is 12.5 Å². The molecule has 0 aliphatic rings. The average molecular weight is 240 g/mol. The zero-order chi connectivity index (χ0) is 13.1. The minimum absolute atomic E-state index is 0.228. The van der Waals surface area contributed by atoms with E-state index in [1.54, 1.807) is 0 Å². The smallest absolute Gasteiger partial charge is 0.408 e. The summed E-state index contributed by atoms with van der Waals surface area (Å²) in [6, 6.07) is 1.61. The van der Waals surface area contributed by atoms with Crippen molar-refractivity contribution in [3.05, 3.63) is 17.5 Å². The number of carbonyl (C=O) groups excluding carboxylic acids is 1. The van der Waals surface area contributed by atoms with E-state index in [1.807, 2.05) is 40.7 Å². The summed E-state index contributed by atoms with van der Waals surface area (Å²) in [5, 5.41) is 6.60. The SMILES string of the molecule is CCc1cc(C(C)NC(=O)OC(C)(C)C)no1. The molecule has 0 spiro atoms. The molecule has 5 nitrogen and oxygen atoms in total. The Hall–Kier alpha value is -1.52. The summed E-state index contributed by atoms with van der Waals surface area (Å²) >= 11 is 0. The molecule has 1 aromatic rings. The number of aryl methyl sites for hydroxylation is 1. The second-order valence-electron chi connectivity index (χ2n) is 4.94. The molecule has 0 bridgehead atoms. The summed E-state index contributed by atoms with van der Waals surface area (Å²) < 4.78 is 10.2. The van der Waals surface area contributed by atoms with E-state index in [4.69, 9.17) is 9.26 Å². The summed E-state index contributed by atoms with van der Waals surface area (Å²) in [4.78, 5) is 11.5. The molecule has 1 N–H and O–H groups in total. The number of nitrogens with zero attached hydrogens (tertiary/aromatic N) is 1. The fourth-order valence-corrected chi connectivity index (χ4v) is 1.26. The molecule has 1 unspecified atom stereocenters. The van der Waals surface area contributed by atoms with Gasteiger partial charge in [-0.25, -0.2) is 4.79 Å². The lowest BCUT2D eigenvalue weighted by atomic mass is 10.2. The third-order valence-corrected chi connectivity index (χ3v) is 2.10. The monoisotopic (exact) mass is 240 g/mol. The Labute approximate surface area is 102 Å². The molecule has 1 heterocycles. The van der Waals surface area contributed by atoms with Gasteiger partial charge in [-0.1, -0.05) is 12.1 Å². The van der Waals surface area contributed by atoms with Crippen LogP contribution in [0.4, 0.5) is 4.79 Å². The number of alkyl carbamates (subject to hydrolysis) is 1. The minimum atomic E-state index is -0.498. The van der Waals surface area contributed by atoms with Gasteiger partial charge >= 0.3 is 6.09 Å². The van der Waals surface area contributed by atoms with Crippen molar-refractivity contribution in [3.8, 4) is 0 Å². The van der Waals surface area contributed by atoms with Crippen LogP contribution in [0.15, 0.2) is 10.6 Å². The lowest BCUT2D eigenvalue weighted by molar-refractivity contribution is 0.0506. The van der Waals surface area contributed by atoms with E-state index in [1.165, 1.54) is 0 Å². The molecule has 1 rings (SSSR count). The second kappa shape index (κ2) is 5.21. The minimum Gasteiger partial charge on any atom is -0.444 e. The molecule has 1 amide bonds. The van der Waals surface area contributed by atoms with Crippen LogP contribution in [0.3, 0.4) is 0 Å². The van der Waals surface area contributed by atoms with Crippen molar-refractivity contribution in [2.45, 2.75) is 52.7 Å². The fourth-order valence-electron chi connectivity index (χ4n) is 1.26. The first-order chi connectivity index (χ1) is 7.81. The number of ether oxygens (including phenoxy) is 1. The molecule has 0 radical (unpaired) electrons. The van der Waals surface area contributed by atoms with Gasteiger partial charge in [0.1, 0.15) is 17.1 Å². The topological polar surface area (TPSA) is 64.4 Å². The molecular formula is C12H20N2O3. The Kier molecular flexibility index (Phi) is 4.15. The summed E-state index contributed by atoms with van der Waals surface area (Å²) in [6.45, 7) is 9.28. The highest BCUT2D eigenvalue weighted by molar-refractivity contribution is 5.68. The van der Waals surface area contributed by atoms with Crippen LogP contribution in [0.25, 0.3) is 0 Å². The Morgan fingerprint density at radius 1 is 1.59 bits per heavy atom. The maximum absolute atomic E-state index is 11.5. The van der Waals surface area contributed by atoms with Crippen LogP contribution in [0, 0.1) is 0 Å². The largest absolute Gasteiger partial charge is 0.444 e. The first-order valence-electron chi connectivity index (χ1n) is 5.77. The van der Waals surface area contributed by atoms with E-state index in [2.05, 4.69) is 10.5 Å². The van der Waals surface area contributed by atoms with Crippen molar-refractivity contribution < 1.29 is 14.1 Å². The summed E-state index contributed by atoms with van der Waals surface area (Å²) in [7, 11) is 0. The zero-order valence-electron chi connectivity index (χ0n) is 11.0. The van der Waals surface area contributed by atoms with E-state index in [9.17, 15) is 4.79 Å².